The van der Waals surface area contributed by atoms with Gasteiger partial charge in [0, 0.05) is 25.7 Å². The molecule has 1 atom stereocenters. The largest absolute Gasteiger partial charge is 0.416 e. The van der Waals surface area contributed by atoms with Crippen molar-refractivity contribution in [3.63, 3.8) is 0 Å². The lowest BCUT2D eigenvalue weighted by molar-refractivity contribution is -0.272. The molecule has 41 heavy (non-hydrogen) atoms. The van der Waals surface area contributed by atoms with Crippen LogP contribution < -0.4 is 9.80 Å². The maximum Gasteiger partial charge on any atom is 0.416 e. The Bertz CT molecular complexity index is 1410. The van der Waals surface area contributed by atoms with Gasteiger partial charge in [0.2, 0.25) is 5.91 Å². The Balaban J connectivity index is 1.79. The third-order valence-electron chi connectivity index (χ3n) is 7.43. The fourth-order valence-corrected chi connectivity index (χ4v) is 4.96. The summed E-state index contributed by atoms with van der Waals surface area (Å²) in [6.45, 7) is 5.39. The van der Waals surface area contributed by atoms with Crippen LogP contribution >= 0.6 is 0 Å². The number of pyridine rings is 1. The third-order valence-corrected chi connectivity index (χ3v) is 7.43. The van der Waals surface area contributed by atoms with Crippen LogP contribution in [-0.4, -0.2) is 42.4 Å². The molecule has 6 nitrogen and oxygen atoms in total. The van der Waals surface area contributed by atoms with Gasteiger partial charge in [0.15, 0.2) is 0 Å². The Morgan fingerprint density at radius 1 is 0.976 bits per heavy atom. The average molecular weight is 582 g/mol. The summed E-state index contributed by atoms with van der Waals surface area (Å²) < 4.78 is 81.3. The van der Waals surface area contributed by atoms with Crippen molar-refractivity contribution in [2.75, 3.05) is 29.9 Å². The second kappa shape index (κ2) is 11.0. The third kappa shape index (κ3) is 6.18. The van der Waals surface area contributed by atoms with Crippen molar-refractivity contribution in [2.24, 2.45) is 0 Å². The molecule has 1 fully saturated rings. The number of aryl methyl sites for hydroxylation is 1. The van der Waals surface area contributed by atoms with Crippen LogP contribution in [0.25, 0.3) is 11.1 Å². The summed E-state index contributed by atoms with van der Waals surface area (Å²) >= 11 is 0. The number of anilines is 2. The molecule has 1 N–H and O–H groups in total. The molecule has 0 aliphatic carbocycles. The molecule has 2 aromatic carbocycles. The predicted octanol–water partition coefficient (Wildman–Crippen LogP) is 7.10. The quantitative estimate of drug-likeness (QED) is 0.191. The Hall–Kier alpha value is -3.64. The molecule has 1 aromatic heterocycles. The number of nitrogens with zero attached hydrogens (tertiary/aromatic N) is 3. The number of likely N-dealkylation sites (N-methyl/N-ethyl adjacent to an activating group) is 1. The molecule has 0 bridgehead atoms. The molecule has 4 rings (SSSR count). The molecule has 0 spiro atoms. The van der Waals surface area contributed by atoms with Crippen molar-refractivity contribution in [2.45, 2.75) is 51.1 Å². The number of hydrogen-bond acceptors (Lipinski definition) is 5. The van der Waals surface area contributed by atoms with Crippen LogP contribution in [0.1, 0.15) is 42.5 Å². The van der Waals surface area contributed by atoms with E-state index in [0.29, 0.717) is 48.7 Å². The van der Waals surface area contributed by atoms with Crippen LogP contribution in [0, 0.1) is 6.92 Å². The van der Waals surface area contributed by atoms with Crippen molar-refractivity contribution >= 4 is 17.4 Å². The van der Waals surface area contributed by atoms with Gasteiger partial charge in [0.25, 0.3) is 0 Å². The summed E-state index contributed by atoms with van der Waals surface area (Å²) in [6, 6.07) is 10.3. The molecule has 0 radical (unpaired) electrons. The van der Waals surface area contributed by atoms with Crippen LogP contribution in [0.2, 0.25) is 0 Å². The van der Waals surface area contributed by atoms with E-state index in [1.54, 1.807) is 6.07 Å². The summed E-state index contributed by atoms with van der Waals surface area (Å²) in [7, 11) is 1.41. The second-order valence-corrected chi connectivity index (χ2v) is 10.6. The number of carbonyl (C=O) groups is 1. The highest BCUT2D eigenvalue weighted by molar-refractivity contribution is 6.03. The number of benzene rings is 2. The summed E-state index contributed by atoms with van der Waals surface area (Å²) in [5.41, 5.74) is -2.65. The van der Waals surface area contributed by atoms with Crippen LogP contribution in [0.15, 0.2) is 54.7 Å². The molecule has 1 aliphatic rings. The molecular formula is C29H29F6N3O3. The zero-order valence-electron chi connectivity index (χ0n) is 22.8. The van der Waals surface area contributed by atoms with Gasteiger partial charge in [-0.05, 0) is 68.1 Å². The lowest BCUT2D eigenvalue weighted by atomic mass is 9.81. The normalized spacial score (nSPS) is 16.3. The first kappa shape index (κ1) is 30.3. The fraction of sp³-hybridized carbons (Fsp3) is 0.379. The summed E-state index contributed by atoms with van der Waals surface area (Å²) in [5, 5.41) is 9.06. The highest BCUT2D eigenvalue weighted by atomic mass is 19.4. The lowest BCUT2D eigenvalue weighted by Crippen LogP contribution is -2.42. The van der Waals surface area contributed by atoms with Crippen LogP contribution in [0.4, 0.5) is 37.8 Å². The number of carbonyl (C=O) groups excluding carboxylic acids is 1. The molecule has 220 valence electrons. The number of halogens is 6. The Labute approximate surface area is 233 Å². The van der Waals surface area contributed by atoms with Crippen LogP contribution in [0.3, 0.4) is 0 Å². The minimum atomic E-state index is -5.05. The number of aromatic nitrogens is 1. The van der Waals surface area contributed by atoms with E-state index in [-0.39, 0.29) is 6.07 Å². The van der Waals surface area contributed by atoms with Gasteiger partial charge < -0.3 is 9.80 Å². The number of hydrogen-bond donors (Lipinski definition) is 1. The zero-order chi connectivity index (χ0) is 30.3. The molecule has 12 heteroatoms. The Kier molecular flexibility index (Phi) is 8.12. The number of alkyl halides is 6. The summed E-state index contributed by atoms with van der Waals surface area (Å²) in [5.74, 6) is -0.177. The SMILES string of the molecule is Cc1ccccc1-c1cc(N2CCC(OO)C2)ncc1N(C)C(=O)C(C)(C)c1cc(C(F)(F)F)cc(C(F)(F)F)c1. The molecule has 1 aliphatic heterocycles. The van der Waals surface area contributed by atoms with E-state index < -0.39 is 46.5 Å². The summed E-state index contributed by atoms with van der Waals surface area (Å²) in [4.78, 5) is 25.9. The first-order chi connectivity index (χ1) is 19.0. The van der Waals surface area contributed by atoms with E-state index in [1.807, 2.05) is 36.1 Å². The van der Waals surface area contributed by atoms with Gasteiger partial charge in [0.1, 0.15) is 11.9 Å². The van der Waals surface area contributed by atoms with Crippen LogP contribution in [0.5, 0.6) is 0 Å². The molecule has 1 amide bonds. The number of amides is 1. The molecular weight excluding hydrogens is 552 g/mol. The first-order valence-corrected chi connectivity index (χ1v) is 12.7. The van der Waals surface area contributed by atoms with E-state index in [9.17, 15) is 31.1 Å². The molecule has 1 unspecified atom stereocenters. The smallest absolute Gasteiger partial charge is 0.354 e. The fourth-order valence-electron chi connectivity index (χ4n) is 4.96. The standard InChI is InChI=1S/C29H29F6N3O3/c1-17-7-5-6-8-22(17)23-14-25(38-10-9-21(16-38)41-40)36-15-24(23)37(4)26(39)27(2,3)18-11-19(28(30,31)32)13-20(12-18)29(33,34)35/h5-8,11-15,21,40H,9-10,16H2,1-4H3. The predicted molar refractivity (Wildman–Crippen MR) is 142 cm³/mol. The minimum absolute atomic E-state index is 0.0391. The molecule has 2 heterocycles. The Morgan fingerprint density at radius 2 is 1.56 bits per heavy atom. The van der Waals surface area contributed by atoms with Crippen molar-refractivity contribution in [1.29, 1.82) is 0 Å². The molecule has 3 aromatic rings. The van der Waals surface area contributed by atoms with Crippen molar-refractivity contribution in [3.05, 3.63) is 77.0 Å². The highest BCUT2D eigenvalue weighted by Crippen LogP contribution is 2.41. The van der Waals surface area contributed by atoms with E-state index in [4.69, 9.17) is 5.26 Å². The monoisotopic (exact) mass is 581 g/mol. The second-order valence-electron chi connectivity index (χ2n) is 10.6. The van der Waals surface area contributed by atoms with Gasteiger partial charge in [0.05, 0.1) is 28.4 Å². The van der Waals surface area contributed by atoms with Crippen molar-refractivity contribution in [3.8, 4) is 11.1 Å². The minimum Gasteiger partial charge on any atom is -0.354 e. The zero-order valence-corrected chi connectivity index (χ0v) is 22.8. The van der Waals surface area contributed by atoms with Gasteiger partial charge in [-0.15, -0.1) is 0 Å². The number of rotatable bonds is 6. The molecule has 0 saturated carbocycles. The van der Waals surface area contributed by atoms with Gasteiger partial charge in [-0.3, -0.25) is 10.1 Å². The van der Waals surface area contributed by atoms with E-state index >= 15 is 0 Å². The van der Waals surface area contributed by atoms with Gasteiger partial charge in [-0.1, -0.05) is 24.3 Å². The maximum absolute atomic E-state index is 13.9. The maximum atomic E-state index is 13.9. The van der Waals surface area contributed by atoms with Gasteiger partial charge in [-0.25, -0.2) is 9.87 Å². The molecule has 1 saturated heterocycles. The highest BCUT2D eigenvalue weighted by Gasteiger charge is 2.41. The first-order valence-electron chi connectivity index (χ1n) is 12.7. The van der Waals surface area contributed by atoms with E-state index in [1.165, 1.54) is 32.0 Å². The van der Waals surface area contributed by atoms with E-state index in [2.05, 4.69) is 9.87 Å². The topological polar surface area (TPSA) is 65.9 Å². The van der Waals surface area contributed by atoms with Gasteiger partial charge in [-0.2, -0.15) is 26.3 Å². The average Bonchev–Trinajstić information content (AvgIpc) is 3.40. The van der Waals surface area contributed by atoms with Crippen LogP contribution in [-0.2, 0) is 27.4 Å². The van der Waals surface area contributed by atoms with Gasteiger partial charge >= 0.3 is 12.4 Å². The van der Waals surface area contributed by atoms with E-state index in [0.717, 1.165) is 11.1 Å². The Morgan fingerprint density at radius 3 is 2.10 bits per heavy atom. The van der Waals surface area contributed by atoms with Crippen molar-refractivity contribution in [1.82, 2.24) is 4.98 Å². The lowest BCUT2D eigenvalue weighted by Gasteiger charge is -2.32. The van der Waals surface area contributed by atoms with Crippen molar-refractivity contribution < 1.29 is 41.3 Å². The summed E-state index contributed by atoms with van der Waals surface area (Å²) in [6.07, 6.45) is -8.46.